The Bertz CT molecular complexity index is 451. The third-order valence-corrected chi connectivity index (χ3v) is 3.75. The minimum atomic E-state index is -0.554. The van der Waals surface area contributed by atoms with Crippen molar-refractivity contribution < 1.29 is 18.3 Å². The molecule has 0 amide bonds. The molecule has 0 N–H and O–H groups in total. The first-order valence-electron chi connectivity index (χ1n) is 6.73. The molecule has 1 aromatic carbocycles. The van der Waals surface area contributed by atoms with Gasteiger partial charge >= 0.3 is 5.97 Å². The molecule has 2 nitrogen and oxygen atoms in total. The monoisotopic (exact) mass is 268 g/mol. The van der Waals surface area contributed by atoms with Gasteiger partial charge in [0.1, 0.15) is 11.6 Å². The number of benzene rings is 1. The summed E-state index contributed by atoms with van der Waals surface area (Å²) in [5, 5.41) is 0. The molecule has 0 radical (unpaired) electrons. The van der Waals surface area contributed by atoms with Gasteiger partial charge in [0.05, 0.1) is 12.5 Å². The fraction of sp³-hybridized carbons (Fsp3) is 0.533. The summed E-state index contributed by atoms with van der Waals surface area (Å²) >= 11 is 0. The second-order valence-corrected chi connectivity index (χ2v) is 4.97. The lowest BCUT2D eigenvalue weighted by atomic mass is 9.78. The molecular weight excluding hydrogens is 250 g/mol. The predicted octanol–water partition coefficient (Wildman–Crippen LogP) is 3.80. The van der Waals surface area contributed by atoms with Crippen LogP contribution in [0.3, 0.4) is 0 Å². The van der Waals surface area contributed by atoms with Gasteiger partial charge in [-0.15, -0.1) is 0 Å². The summed E-state index contributed by atoms with van der Waals surface area (Å²) in [6.45, 7) is 2.18. The van der Waals surface area contributed by atoms with Gasteiger partial charge in [0.2, 0.25) is 0 Å². The van der Waals surface area contributed by atoms with Crippen LogP contribution in [0.25, 0.3) is 0 Å². The van der Waals surface area contributed by atoms with Crippen LogP contribution in [0.4, 0.5) is 8.78 Å². The van der Waals surface area contributed by atoms with E-state index in [9.17, 15) is 13.6 Å². The van der Waals surface area contributed by atoms with Gasteiger partial charge in [-0.2, -0.15) is 0 Å². The smallest absolute Gasteiger partial charge is 0.308 e. The number of ether oxygens (including phenoxy) is 1. The van der Waals surface area contributed by atoms with E-state index < -0.39 is 11.6 Å². The maximum Gasteiger partial charge on any atom is 0.308 e. The van der Waals surface area contributed by atoms with E-state index in [4.69, 9.17) is 4.74 Å². The van der Waals surface area contributed by atoms with Crippen molar-refractivity contribution in [1.82, 2.24) is 0 Å². The standard InChI is InChI=1S/C15H18F2O2/c1-2-19-15(18)11-5-3-10(4-6-11)13-8-7-12(16)9-14(13)17/h7-11H,2-6H2,1H3. The fourth-order valence-corrected chi connectivity index (χ4v) is 2.73. The number of carbonyl (C=O) groups is 1. The summed E-state index contributed by atoms with van der Waals surface area (Å²) in [7, 11) is 0. The summed E-state index contributed by atoms with van der Waals surface area (Å²) < 4.78 is 31.5. The number of esters is 1. The topological polar surface area (TPSA) is 26.3 Å². The predicted molar refractivity (Wildman–Crippen MR) is 67.7 cm³/mol. The molecule has 1 aliphatic rings. The van der Waals surface area contributed by atoms with E-state index in [1.807, 2.05) is 0 Å². The maximum absolute atomic E-state index is 13.7. The fourth-order valence-electron chi connectivity index (χ4n) is 2.73. The Morgan fingerprint density at radius 1 is 1.26 bits per heavy atom. The van der Waals surface area contributed by atoms with E-state index in [1.165, 1.54) is 12.1 Å². The maximum atomic E-state index is 13.7. The first kappa shape index (κ1) is 14.0. The van der Waals surface area contributed by atoms with Gasteiger partial charge in [0.15, 0.2) is 0 Å². The normalized spacial score (nSPS) is 23.1. The molecule has 1 fully saturated rings. The molecule has 0 saturated heterocycles. The molecule has 1 aromatic rings. The highest BCUT2D eigenvalue weighted by Crippen LogP contribution is 2.37. The second-order valence-electron chi connectivity index (χ2n) is 4.97. The Labute approximate surface area is 111 Å². The number of hydrogen-bond donors (Lipinski definition) is 0. The third-order valence-electron chi connectivity index (χ3n) is 3.75. The molecule has 0 aliphatic heterocycles. The molecule has 1 saturated carbocycles. The summed E-state index contributed by atoms with van der Waals surface area (Å²) in [6, 6.07) is 3.72. The Morgan fingerprint density at radius 3 is 2.53 bits per heavy atom. The molecule has 0 bridgehead atoms. The third kappa shape index (κ3) is 3.31. The zero-order valence-corrected chi connectivity index (χ0v) is 11.0. The lowest BCUT2D eigenvalue weighted by molar-refractivity contribution is -0.149. The first-order chi connectivity index (χ1) is 9.11. The van der Waals surface area contributed by atoms with Crippen LogP contribution in [-0.2, 0) is 9.53 Å². The lowest BCUT2D eigenvalue weighted by Crippen LogP contribution is -2.23. The molecule has 0 atom stereocenters. The Hall–Kier alpha value is -1.45. The highest BCUT2D eigenvalue weighted by Gasteiger charge is 2.29. The van der Waals surface area contributed by atoms with Gasteiger partial charge in [-0.25, -0.2) is 8.78 Å². The van der Waals surface area contributed by atoms with Crippen LogP contribution in [0, 0.1) is 17.6 Å². The van der Waals surface area contributed by atoms with Gasteiger partial charge in [-0.05, 0) is 50.2 Å². The van der Waals surface area contributed by atoms with E-state index in [0.717, 1.165) is 18.9 Å². The summed E-state index contributed by atoms with van der Waals surface area (Å²) in [6.07, 6.45) is 2.90. The number of halogens is 2. The quantitative estimate of drug-likeness (QED) is 0.779. The SMILES string of the molecule is CCOC(=O)C1CCC(c2ccc(F)cc2F)CC1. The molecule has 2 rings (SSSR count). The summed E-state index contributed by atoms with van der Waals surface area (Å²) in [5.41, 5.74) is 0.559. The van der Waals surface area contributed by atoms with E-state index >= 15 is 0 Å². The number of carbonyl (C=O) groups excluding carboxylic acids is 1. The van der Waals surface area contributed by atoms with Crippen LogP contribution in [0.5, 0.6) is 0 Å². The molecule has 104 valence electrons. The van der Waals surface area contributed by atoms with Crippen molar-refractivity contribution in [3.05, 3.63) is 35.4 Å². The molecule has 0 spiro atoms. The Kier molecular flexibility index (Phi) is 4.51. The molecule has 19 heavy (non-hydrogen) atoms. The van der Waals surface area contributed by atoms with Gasteiger partial charge in [-0.3, -0.25) is 4.79 Å². The van der Waals surface area contributed by atoms with Gasteiger partial charge in [-0.1, -0.05) is 6.07 Å². The van der Waals surface area contributed by atoms with Crippen molar-refractivity contribution in [3.63, 3.8) is 0 Å². The summed E-state index contributed by atoms with van der Waals surface area (Å²) in [5.74, 6) is -1.19. The average Bonchev–Trinajstić information content (AvgIpc) is 2.39. The van der Waals surface area contributed by atoms with Crippen LogP contribution in [0.2, 0.25) is 0 Å². The highest BCUT2D eigenvalue weighted by atomic mass is 19.1. The minimum Gasteiger partial charge on any atom is -0.466 e. The van der Waals surface area contributed by atoms with Crippen LogP contribution in [0.15, 0.2) is 18.2 Å². The number of rotatable bonds is 3. The van der Waals surface area contributed by atoms with Crippen molar-refractivity contribution in [1.29, 1.82) is 0 Å². The van der Waals surface area contributed by atoms with Gasteiger partial charge < -0.3 is 4.74 Å². The Balaban J connectivity index is 1.98. The molecule has 4 heteroatoms. The van der Waals surface area contributed by atoms with Crippen LogP contribution >= 0.6 is 0 Å². The van der Waals surface area contributed by atoms with E-state index in [-0.39, 0.29) is 17.8 Å². The van der Waals surface area contributed by atoms with Crippen LogP contribution < -0.4 is 0 Å². The van der Waals surface area contributed by atoms with E-state index in [1.54, 1.807) is 6.92 Å². The molecular formula is C15H18F2O2. The van der Waals surface area contributed by atoms with Crippen molar-refractivity contribution >= 4 is 5.97 Å². The molecule has 0 heterocycles. The first-order valence-corrected chi connectivity index (χ1v) is 6.73. The van der Waals surface area contributed by atoms with Crippen LogP contribution in [-0.4, -0.2) is 12.6 Å². The molecule has 1 aliphatic carbocycles. The second kappa shape index (κ2) is 6.13. The van der Waals surface area contributed by atoms with Crippen molar-refractivity contribution in [2.75, 3.05) is 6.61 Å². The van der Waals surface area contributed by atoms with E-state index in [0.29, 0.717) is 25.0 Å². The van der Waals surface area contributed by atoms with Crippen molar-refractivity contribution in [2.45, 2.75) is 38.5 Å². The molecule has 0 unspecified atom stereocenters. The van der Waals surface area contributed by atoms with Gasteiger partial charge in [0, 0.05) is 6.07 Å². The van der Waals surface area contributed by atoms with E-state index in [2.05, 4.69) is 0 Å². The minimum absolute atomic E-state index is 0.0697. The summed E-state index contributed by atoms with van der Waals surface area (Å²) in [4.78, 5) is 11.6. The Morgan fingerprint density at radius 2 is 1.95 bits per heavy atom. The average molecular weight is 268 g/mol. The number of hydrogen-bond acceptors (Lipinski definition) is 2. The van der Waals surface area contributed by atoms with Crippen LogP contribution in [0.1, 0.15) is 44.1 Å². The van der Waals surface area contributed by atoms with Gasteiger partial charge in [0.25, 0.3) is 0 Å². The largest absolute Gasteiger partial charge is 0.466 e. The lowest BCUT2D eigenvalue weighted by Gasteiger charge is -2.27. The molecule has 0 aromatic heterocycles. The zero-order chi connectivity index (χ0) is 13.8. The highest BCUT2D eigenvalue weighted by molar-refractivity contribution is 5.72. The van der Waals surface area contributed by atoms with Crippen molar-refractivity contribution in [3.8, 4) is 0 Å². The zero-order valence-electron chi connectivity index (χ0n) is 11.0. The van der Waals surface area contributed by atoms with Crippen molar-refractivity contribution in [2.24, 2.45) is 5.92 Å².